The topological polar surface area (TPSA) is 67.4 Å². The van der Waals surface area contributed by atoms with Crippen LogP contribution in [0.4, 0.5) is 0 Å². The summed E-state index contributed by atoms with van der Waals surface area (Å²) in [5, 5.41) is 9.28. The fourth-order valence-electron chi connectivity index (χ4n) is 1.89. The van der Waals surface area contributed by atoms with Gasteiger partial charge in [-0.3, -0.25) is 9.59 Å². The van der Waals surface area contributed by atoms with E-state index in [9.17, 15) is 9.59 Å². The van der Waals surface area contributed by atoms with Crippen LogP contribution < -0.4 is 10.6 Å². The van der Waals surface area contributed by atoms with Crippen LogP contribution in [0.2, 0.25) is 0 Å². The van der Waals surface area contributed by atoms with Gasteiger partial charge < -0.3 is 15.4 Å². The lowest BCUT2D eigenvalue weighted by atomic mass is 10.1. The molecule has 0 saturated heterocycles. The van der Waals surface area contributed by atoms with E-state index in [0.717, 1.165) is 11.1 Å². The Kier molecular flexibility index (Phi) is 6.12. The predicted molar refractivity (Wildman–Crippen MR) is 87.0 cm³/mol. The van der Waals surface area contributed by atoms with Gasteiger partial charge in [-0.2, -0.15) is 11.3 Å². The van der Waals surface area contributed by atoms with Gasteiger partial charge >= 0.3 is 0 Å². The summed E-state index contributed by atoms with van der Waals surface area (Å²) in [6.07, 6.45) is 0. The minimum atomic E-state index is -0.265. The number of hydrogen-bond donors (Lipinski definition) is 2. The molecule has 0 unspecified atom stereocenters. The molecule has 2 aromatic rings. The second kappa shape index (κ2) is 8.31. The molecule has 0 spiro atoms. The first-order valence-electron chi connectivity index (χ1n) is 6.87. The van der Waals surface area contributed by atoms with Crippen molar-refractivity contribution in [2.24, 2.45) is 0 Å². The molecule has 6 heteroatoms. The Morgan fingerprint density at radius 2 is 2.05 bits per heavy atom. The van der Waals surface area contributed by atoms with Gasteiger partial charge in [0, 0.05) is 19.2 Å². The van der Waals surface area contributed by atoms with Crippen LogP contribution in [0.15, 0.2) is 41.1 Å². The monoisotopic (exact) mass is 318 g/mol. The molecule has 1 aromatic carbocycles. The Hall–Kier alpha value is -2.18. The normalized spacial score (nSPS) is 10.2. The van der Waals surface area contributed by atoms with E-state index in [1.54, 1.807) is 24.5 Å². The van der Waals surface area contributed by atoms with Crippen molar-refractivity contribution in [1.29, 1.82) is 0 Å². The van der Waals surface area contributed by atoms with E-state index in [2.05, 4.69) is 10.6 Å². The average Bonchev–Trinajstić information content (AvgIpc) is 3.07. The molecule has 2 rings (SSSR count). The quantitative estimate of drug-likeness (QED) is 0.766. The summed E-state index contributed by atoms with van der Waals surface area (Å²) in [5.41, 5.74) is 2.60. The van der Waals surface area contributed by atoms with Gasteiger partial charge in [-0.15, -0.1) is 0 Å². The smallest absolute Gasteiger partial charge is 0.251 e. The maximum Gasteiger partial charge on any atom is 0.251 e. The number of benzene rings is 1. The van der Waals surface area contributed by atoms with Crippen molar-refractivity contribution in [3.63, 3.8) is 0 Å². The maximum absolute atomic E-state index is 12.1. The zero-order valence-corrected chi connectivity index (χ0v) is 13.1. The van der Waals surface area contributed by atoms with Gasteiger partial charge in [-0.1, -0.05) is 12.1 Å². The molecule has 0 saturated carbocycles. The van der Waals surface area contributed by atoms with Gasteiger partial charge in [0.2, 0.25) is 5.91 Å². The highest BCUT2D eigenvalue weighted by molar-refractivity contribution is 7.08. The second-order valence-electron chi connectivity index (χ2n) is 4.62. The van der Waals surface area contributed by atoms with Crippen LogP contribution >= 0.6 is 11.3 Å². The molecule has 0 fully saturated rings. The van der Waals surface area contributed by atoms with Crippen molar-refractivity contribution in [1.82, 2.24) is 10.6 Å². The van der Waals surface area contributed by atoms with Crippen LogP contribution in [-0.4, -0.2) is 38.6 Å². The molecule has 0 bridgehead atoms. The lowest BCUT2D eigenvalue weighted by Gasteiger charge is -2.07. The summed E-state index contributed by atoms with van der Waals surface area (Å²) in [4.78, 5) is 23.6. The van der Waals surface area contributed by atoms with E-state index in [0.29, 0.717) is 18.7 Å². The first-order chi connectivity index (χ1) is 10.7. The lowest BCUT2D eigenvalue weighted by molar-refractivity contribution is -0.120. The summed E-state index contributed by atoms with van der Waals surface area (Å²) < 4.78 is 4.83. The van der Waals surface area contributed by atoms with Crippen molar-refractivity contribution in [3.05, 3.63) is 46.7 Å². The van der Waals surface area contributed by atoms with Crippen molar-refractivity contribution in [2.45, 2.75) is 0 Å². The van der Waals surface area contributed by atoms with Crippen LogP contribution in [0.25, 0.3) is 11.1 Å². The number of amides is 2. The van der Waals surface area contributed by atoms with Gasteiger partial charge in [-0.25, -0.2) is 0 Å². The molecule has 0 aliphatic rings. The van der Waals surface area contributed by atoms with E-state index >= 15 is 0 Å². The summed E-state index contributed by atoms with van der Waals surface area (Å²) in [7, 11) is 1.56. The number of thiophene rings is 1. The number of hydrogen-bond acceptors (Lipinski definition) is 4. The molecule has 5 nitrogen and oxygen atoms in total. The standard InChI is InChI=1S/C16H18N2O3S/c1-21-7-6-17-15(19)10-18-16(20)13-4-2-3-12(9-13)14-5-8-22-11-14/h2-5,8-9,11H,6-7,10H2,1H3,(H,17,19)(H,18,20). The van der Waals surface area contributed by atoms with Gasteiger partial charge in [0.25, 0.3) is 5.91 Å². The molecule has 2 N–H and O–H groups in total. The number of methoxy groups -OCH3 is 1. The van der Waals surface area contributed by atoms with Gasteiger partial charge in [0.15, 0.2) is 0 Å². The van der Waals surface area contributed by atoms with Gasteiger partial charge in [0.1, 0.15) is 0 Å². The molecule has 0 aliphatic heterocycles. The molecule has 0 radical (unpaired) electrons. The van der Waals surface area contributed by atoms with Crippen LogP contribution in [-0.2, 0) is 9.53 Å². The Balaban J connectivity index is 1.90. The first kappa shape index (κ1) is 16.2. The van der Waals surface area contributed by atoms with Crippen LogP contribution in [0, 0.1) is 0 Å². The summed E-state index contributed by atoms with van der Waals surface area (Å²) in [6.45, 7) is 0.826. The summed E-state index contributed by atoms with van der Waals surface area (Å²) in [5.74, 6) is -0.502. The van der Waals surface area contributed by atoms with E-state index in [1.807, 2.05) is 35.0 Å². The first-order valence-corrected chi connectivity index (χ1v) is 7.81. The van der Waals surface area contributed by atoms with Crippen molar-refractivity contribution >= 4 is 23.2 Å². The third-order valence-corrected chi connectivity index (χ3v) is 3.70. The SMILES string of the molecule is COCCNC(=O)CNC(=O)c1cccc(-c2ccsc2)c1. The van der Waals surface area contributed by atoms with Crippen molar-refractivity contribution in [3.8, 4) is 11.1 Å². The Morgan fingerprint density at radius 3 is 2.77 bits per heavy atom. The third-order valence-electron chi connectivity index (χ3n) is 3.02. The molecule has 0 atom stereocenters. The molecular weight excluding hydrogens is 300 g/mol. The molecule has 1 aromatic heterocycles. The number of ether oxygens (including phenoxy) is 1. The third kappa shape index (κ3) is 4.68. The van der Waals surface area contributed by atoms with Crippen LogP contribution in [0.3, 0.4) is 0 Å². The highest BCUT2D eigenvalue weighted by Gasteiger charge is 2.09. The van der Waals surface area contributed by atoms with Crippen molar-refractivity contribution in [2.75, 3.05) is 26.8 Å². The molecule has 22 heavy (non-hydrogen) atoms. The zero-order valence-electron chi connectivity index (χ0n) is 12.3. The highest BCUT2D eigenvalue weighted by atomic mass is 32.1. The van der Waals surface area contributed by atoms with Crippen LogP contribution in [0.5, 0.6) is 0 Å². The van der Waals surface area contributed by atoms with Crippen LogP contribution in [0.1, 0.15) is 10.4 Å². The van der Waals surface area contributed by atoms with E-state index in [4.69, 9.17) is 4.74 Å². The molecule has 1 heterocycles. The van der Waals surface area contributed by atoms with Gasteiger partial charge in [0.05, 0.1) is 13.2 Å². The Bertz CT molecular complexity index is 626. The highest BCUT2D eigenvalue weighted by Crippen LogP contribution is 2.22. The number of rotatable bonds is 7. The predicted octanol–water partition coefficient (Wildman–Crippen LogP) is 1.91. The molecule has 0 aliphatic carbocycles. The molecule has 2 amide bonds. The zero-order chi connectivity index (χ0) is 15.8. The maximum atomic E-state index is 12.1. The van der Waals surface area contributed by atoms with E-state index < -0.39 is 0 Å². The Morgan fingerprint density at radius 1 is 1.18 bits per heavy atom. The largest absolute Gasteiger partial charge is 0.383 e. The second-order valence-corrected chi connectivity index (χ2v) is 5.40. The number of carbonyl (C=O) groups is 2. The molecular formula is C16H18N2O3S. The lowest BCUT2D eigenvalue weighted by Crippen LogP contribution is -2.38. The minimum absolute atomic E-state index is 0.0504. The average molecular weight is 318 g/mol. The summed E-state index contributed by atoms with van der Waals surface area (Å²) >= 11 is 1.61. The van der Waals surface area contributed by atoms with Crippen molar-refractivity contribution < 1.29 is 14.3 Å². The van der Waals surface area contributed by atoms with E-state index in [-0.39, 0.29) is 18.4 Å². The fraction of sp³-hybridized carbons (Fsp3) is 0.250. The minimum Gasteiger partial charge on any atom is -0.383 e. The fourth-order valence-corrected chi connectivity index (χ4v) is 2.55. The number of carbonyl (C=O) groups excluding carboxylic acids is 2. The Labute approximate surface area is 133 Å². The number of nitrogens with one attached hydrogen (secondary N) is 2. The van der Waals surface area contributed by atoms with E-state index in [1.165, 1.54) is 0 Å². The summed E-state index contributed by atoms with van der Waals surface area (Å²) in [6, 6.07) is 9.34. The van der Waals surface area contributed by atoms with Gasteiger partial charge in [-0.05, 0) is 40.1 Å². The molecule has 116 valence electrons.